The molecule has 10 heavy (non-hydrogen) atoms. The first kappa shape index (κ1) is 7.27. The molecule has 1 rings (SSSR count). The Bertz CT molecular complexity index is 266. The first-order valence-electron chi connectivity index (χ1n) is 2.46. The summed E-state index contributed by atoms with van der Waals surface area (Å²) >= 11 is 0. The number of hydrogen-bond acceptors (Lipinski definition) is 3. The van der Waals surface area contributed by atoms with Crippen molar-refractivity contribution in [3.05, 3.63) is 22.5 Å². The summed E-state index contributed by atoms with van der Waals surface area (Å²) in [7, 11) is 0.837. The predicted molar refractivity (Wildman–Crippen MR) is 43.4 cm³/mol. The molecule has 0 spiro atoms. The lowest BCUT2D eigenvalue weighted by Gasteiger charge is -1.91. The maximum atomic E-state index is 8.51. The molecule has 0 saturated heterocycles. The summed E-state index contributed by atoms with van der Waals surface area (Å²) in [6.07, 6.45) is 3.47. The van der Waals surface area contributed by atoms with Crippen LogP contribution in [0, 0.1) is 22.0 Å². The summed E-state index contributed by atoms with van der Waals surface area (Å²) in [4.78, 5) is 0.565. The van der Waals surface area contributed by atoms with Gasteiger partial charge in [0.05, 0.1) is 0 Å². The van der Waals surface area contributed by atoms with Gasteiger partial charge in [0, 0.05) is 11.5 Å². The van der Waals surface area contributed by atoms with Crippen molar-refractivity contribution >= 4 is 20.7 Å². The van der Waals surface area contributed by atoms with E-state index >= 15 is 0 Å². The van der Waals surface area contributed by atoms with Crippen LogP contribution in [0.15, 0.2) is 22.5 Å². The Labute approximate surface area is 65.6 Å². The van der Waals surface area contributed by atoms with Gasteiger partial charge in [-0.25, -0.2) is 0 Å². The Morgan fingerprint density at radius 2 is 2.30 bits per heavy atom. The summed E-state index contributed by atoms with van der Waals surface area (Å²) in [5, 5.41) is 20.9. The fraction of sp³-hybridized carbons (Fsp3) is 0. The van der Waals surface area contributed by atoms with Crippen molar-refractivity contribution in [1.82, 2.24) is 0 Å². The monoisotopic (exact) mass is 167 g/mol. The van der Waals surface area contributed by atoms with E-state index in [-0.39, 0.29) is 0 Å². The fourth-order valence-electron chi connectivity index (χ4n) is 0.477. The van der Waals surface area contributed by atoms with Crippen LogP contribution in [0.2, 0.25) is 0 Å². The molecule has 0 saturated carbocycles. The van der Waals surface area contributed by atoms with Gasteiger partial charge in [-0.3, -0.25) is 0 Å². The largest absolute Gasteiger partial charge is 0.340 e. The zero-order valence-corrected chi connectivity index (χ0v) is 6.58. The second-order valence-electron chi connectivity index (χ2n) is 1.43. The second-order valence-corrected chi connectivity index (χ2v) is 4.63. The SMILES string of the molecule is N#CC1=CC=CS[S+]1C#N. The molecule has 0 N–H and O–H groups in total. The third kappa shape index (κ3) is 1.36. The van der Waals surface area contributed by atoms with Crippen molar-refractivity contribution < 1.29 is 0 Å². The third-order valence-corrected chi connectivity index (χ3v) is 3.80. The van der Waals surface area contributed by atoms with Crippen LogP contribution < -0.4 is 0 Å². The van der Waals surface area contributed by atoms with E-state index in [1.165, 1.54) is 10.8 Å². The molecule has 0 amide bonds. The number of nitriles is 2. The molecule has 0 radical (unpaired) electrons. The second kappa shape index (κ2) is 3.36. The van der Waals surface area contributed by atoms with E-state index in [9.17, 15) is 0 Å². The highest BCUT2D eigenvalue weighted by Crippen LogP contribution is 2.28. The van der Waals surface area contributed by atoms with Gasteiger partial charge in [0.2, 0.25) is 9.93 Å². The molecule has 4 heteroatoms. The smallest absolute Gasteiger partial charge is 0.188 e. The number of allylic oxidation sites excluding steroid dienone is 3. The maximum absolute atomic E-state index is 8.51. The van der Waals surface area contributed by atoms with Crippen LogP contribution in [0.25, 0.3) is 0 Å². The van der Waals surface area contributed by atoms with Crippen LogP contribution in [-0.2, 0) is 9.93 Å². The molecule has 0 aromatic carbocycles. The Balaban J connectivity index is 2.86. The summed E-state index contributed by atoms with van der Waals surface area (Å²) in [6, 6.07) is 1.98. The first-order valence-corrected chi connectivity index (χ1v) is 5.08. The maximum Gasteiger partial charge on any atom is 0.340 e. The van der Waals surface area contributed by atoms with Gasteiger partial charge >= 0.3 is 5.40 Å². The van der Waals surface area contributed by atoms with Crippen LogP contribution in [0.1, 0.15) is 0 Å². The average molecular weight is 167 g/mol. The minimum absolute atomic E-state index is 0.554. The van der Waals surface area contributed by atoms with Gasteiger partial charge in [-0.05, 0) is 6.08 Å². The van der Waals surface area contributed by atoms with Gasteiger partial charge in [0.15, 0.2) is 6.07 Å². The molecule has 48 valence electrons. The molecule has 2 nitrogen and oxygen atoms in total. The topological polar surface area (TPSA) is 47.6 Å². The van der Waals surface area contributed by atoms with Crippen molar-refractivity contribution in [2.45, 2.75) is 0 Å². The van der Waals surface area contributed by atoms with Crippen LogP contribution in [-0.4, -0.2) is 0 Å². The standard InChI is InChI=1S/C6H3N2S2/c7-4-6-2-1-3-9-10(6)5-8/h1-3H/q+1. The molecule has 0 aromatic rings. The molecule has 1 unspecified atom stereocenters. The van der Waals surface area contributed by atoms with Crippen molar-refractivity contribution in [3.8, 4) is 11.5 Å². The van der Waals surface area contributed by atoms with Gasteiger partial charge in [0.1, 0.15) is 10.8 Å². The van der Waals surface area contributed by atoms with Crippen molar-refractivity contribution in [3.63, 3.8) is 0 Å². The van der Waals surface area contributed by atoms with Crippen LogP contribution >= 0.6 is 10.8 Å². The summed E-state index contributed by atoms with van der Waals surface area (Å²) < 4.78 is 0. The zero-order chi connectivity index (χ0) is 7.40. The highest BCUT2D eigenvalue weighted by atomic mass is 33.1. The molecule has 0 bridgehead atoms. The average Bonchev–Trinajstić information content (AvgIpc) is 2.04. The molecule has 1 aliphatic heterocycles. The normalized spacial score (nSPS) is 22.6. The van der Waals surface area contributed by atoms with Gasteiger partial charge in [-0.1, -0.05) is 0 Å². The summed E-state index contributed by atoms with van der Waals surface area (Å²) in [5.74, 6) is 0. The Morgan fingerprint density at radius 3 is 2.80 bits per heavy atom. The zero-order valence-electron chi connectivity index (χ0n) is 4.94. The first-order chi connectivity index (χ1) is 4.88. The van der Waals surface area contributed by atoms with E-state index in [0.29, 0.717) is 4.91 Å². The van der Waals surface area contributed by atoms with Crippen LogP contribution in [0.4, 0.5) is 0 Å². The molecule has 0 aliphatic carbocycles. The lowest BCUT2D eigenvalue weighted by molar-refractivity contribution is 1.52. The van der Waals surface area contributed by atoms with E-state index in [4.69, 9.17) is 10.5 Å². The minimum atomic E-state index is -0.554. The van der Waals surface area contributed by atoms with Crippen molar-refractivity contribution in [2.24, 2.45) is 0 Å². The van der Waals surface area contributed by atoms with Gasteiger partial charge in [-0.15, -0.1) is 5.26 Å². The summed E-state index contributed by atoms with van der Waals surface area (Å²) in [5.41, 5.74) is 0. The lowest BCUT2D eigenvalue weighted by atomic mass is 10.5. The third-order valence-electron chi connectivity index (χ3n) is 0.871. The van der Waals surface area contributed by atoms with Crippen molar-refractivity contribution in [2.75, 3.05) is 0 Å². The lowest BCUT2D eigenvalue weighted by Crippen LogP contribution is -1.94. The van der Waals surface area contributed by atoms with E-state index in [2.05, 4.69) is 5.40 Å². The fourth-order valence-corrected chi connectivity index (χ4v) is 2.51. The van der Waals surface area contributed by atoms with E-state index in [0.717, 1.165) is 0 Å². The Morgan fingerprint density at radius 1 is 1.50 bits per heavy atom. The highest BCUT2D eigenvalue weighted by Gasteiger charge is 2.28. The number of thiocyanates is 1. The van der Waals surface area contributed by atoms with Gasteiger partial charge in [0.25, 0.3) is 4.91 Å². The van der Waals surface area contributed by atoms with Gasteiger partial charge in [-0.2, -0.15) is 5.26 Å². The highest BCUT2D eigenvalue weighted by molar-refractivity contribution is 8.78. The Hall–Kier alpha value is -0.840. The molecular weight excluding hydrogens is 164 g/mol. The van der Waals surface area contributed by atoms with Crippen molar-refractivity contribution in [1.29, 1.82) is 10.5 Å². The van der Waals surface area contributed by atoms with Crippen LogP contribution in [0.3, 0.4) is 0 Å². The summed E-state index contributed by atoms with van der Waals surface area (Å²) in [6.45, 7) is 0. The van der Waals surface area contributed by atoms with E-state index in [1.807, 2.05) is 11.5 Å². The number of nitrogens with zero attached hydrogens (tertiary/aromatic N) is 2. The molecule has 0 aromatic heterocycles. The number of rotatable bonds is 0. The minimum Gasteiger partial charge on any atom is -0.188 e. The van der Waals surface area contributed by atoms with E-state index < -0.39 is 9.93 Å². The molecule has 1 aliphatic rings. The predicted octanol–water partition coefficient (Wildman–Crippen LogP) is 1.67. The quantitative estimate of drug-likeness (QED) is 0.313. The van der Waals surface area contributed by atoms with E-state index in [1.54, 1.807) is 12.2 Å². The molecular formula is C6H3N2S2+. The number of hydrogen-bond donors (Lipinski definition) is 0. The Kier molecular flexibility index (Phi) is 2.44. The van der Waals surface area contributed by atoms with Crippen LogP contribution in [0.5, 0.6) is 0 Å². The van der Waals surface area contributed by atoms with Gasteiger partial charge < -0.3 is 0 Å². The molecule has 1 atom stereocenters. The molecule has 0 fully saturated rings. The molecule has 1 heterocycles.